The van der Waals surface area contributed by atoms with Gasteiger partial charge in [-0.1, -0.05) is 79.2 Å². The number of carbonyl (C=O) groups is 1. The predicted octanol–water partition coefficient (Wildman–Crippen LogP) is 5.24. The van der Waals surface area contributed by atoms with E-state index < -0.39 is 6.10 Å². The molecule has 4 atom stereocenters. The summed E-state index contributed by atoms with van der Waals surface area (Å²) >= 11 is 0. The van der Waals surface area contributed by atoms with Crippen LogP contribution in [0.4, 0.5) is 0 Å². The fraction of sp³-hybridized carbons (Fsp3) is 0.731. The number of nitrogens with one attached hydrogen (secondary N) is 1. The first-order chi connectivity index (χ1) is 14.0. The third-order valence-corrected chi connectivity index (χ3v) is 6.20. The van der Waals surface area contributed by atoms with Crippen molar-refractivity contribution < 1.29 is 9.90 Å². The standard InChI is InChI=1S/C26H46N2O2.ClH/c1-8-9-14-28-25(30)19(4)15-24(29)23(27)17-21(18(2)3)16-20-10-12-22(13-11-20)26(5,6)7;/h10-13,18-19,21,23-24,29H,8-9,14-17,27H2,1-7H3,(H,28,30);1H/t19-,21+,23+,24+;/m1./s1. The lowest BCUT2D eigenvalue weighted by molar-refractivity contribution is -0.125. The van der Waals surface area contributed by atoms with Crippen molar-refractivity contribution in [2.45, 2.75) is 98.1 Å². The highest BCUT2D eigenvalue weighted by atomic mass is 35.5. The number of unbranched alkanes of at least 4 members (excludes halogenated alkanes) is 1. The van der Waals surface area contributed by atoms with E-state index in [4.69, 9.17) is 5.73 Å². The number of carbonyl (C=O) groups excluding carboxylic acids is 1. The highest BCUT2D eigenvalue weighted by Gasteiger charge is 2.26. The Morgan fingerprint density at radius 1 is 1.10 bits per heavy atom. The monoisotopic (exact) mass is 454 g/mol. The molecule has 4 nitrogen and oxygen atoms in total. The third-order valence-electron chi connectivity index (χ3n) is 6.20. The second kappa shape index (κ2) is 14.1. The molecule has 1 amide bonds. The Hall–Kier alpha value is -1.10. The molecule has 0 radical (unpaired) electrons. The molecule has 0 aliphatic heterocycles. The van der Waals surface area contributed by atoms with Gasteiger partial charge in [0.05, 0.1) is 6.10 Å². The number of benzene rings is 1. The number of amides is 1. The van der Waals surface area contributed by atoms with Crippen LogP contribution in [0.3, 0.4) is 0 Å². The Morgan fingerprint density at radius 3 is 2.16 bits per heavy atom. The van der Waals surface area contributed by atoms with E-state index in [0.717, 1.165) is 25.7 Å². The zero-order valence-corrected chi connectivity index (χ0v) is 21.6. The summed E-state index contributed by atoms with van der Waals surface area (Å²) in [5, 5.41) is 13.6. The summed E-state index contributed by atoms with van der Waals surface area (Å²) in [6, 6.07) is 8.57. The second-order valence-corrected chi connectivity index (χ2v) is 10.4. The Balaban J connectivity index is 0.00000900. The highest BCUT2D eigenvalue weighted by molar-refractivity contribution is 5.85. The van der Waals surface area contributed by atoms with Crippen molar-refractivity contribution in [3.05, 3.63) is 35.4 Å². The lowest BCUT2D eigenvalue weighted by Crippen LogP contribution is -2.41. The van der Waals surface area contributed by atoms with Crippen molar-refractivity contribution in [3.63, 3.8) is 0 Å². The molecule has 0 aliphatic carbocycles. The smallest absolute Gasteiger partial charge is 0.222 e. The van der Waals surface area contributed by atoms with E-state index >= 15 is 0 Å². The van der Waals surface area contributed by atoms with E-state index in [1.807, 2.05) is 6.92 Å². The van der Waals surface area contributed by atoms with Gasteiger partial charge in [-0.05, 0) is 54.1 Å². The molecule has 31 heavy (non-hydrogen) atoms. The van der Waals surface area contributed by atoms with Crippen molar-refractivity contribution >= 4 is 18.3 Å². The molecule has 0 fully saturated rings. The quantitative estimate of drug-likeness (QED) is 0.378. The van der Waals surface area contributed by atoms with Crippen LogP contribution in [0.15, 0.2) is 24.3 Å². The van der Waals surface area contributed by atoms with Gasteiger partial charge in [0.2, 0.25) is 5.91 Å². The predicted molar refractivity (Wildman–Crippen MR) is 135 cm³/mol. The molecule has 0 unspecified atom stereocenters. The first kappa shape index (κ1) is 29.9. The van der Waals surface area contributed by atoms with Crippen molar-refractivity contribution in [1.29, 1.82) is 0 Å². The summed E-state index contributed by atoms with van der Waals surface area (Å²) in [5.41, 5.74) is 9.18. The number of nitrogens with two attached hydrogens (primary N) is 1. The van der Waals surface area contributed by atoms with Gasteiger partial charge in [0.1, 0.15) is 0 Å². The van der Waals surface area contributed by atoms with Gasteiger partial charge in [-0.25, -0.2) is 0 Å². The van der Waals surface area contributed by atoms with Gasteiger partial charge in [0.15, 0.2) is 0 Å². The van der Waals surface area contributed by atoms with Crippen LogP contribution >= 0.6 is 12.4 Å². The molecular formula is C26H47ClN2O2. The first-order valence-corrected chi connectivity index (χ1v) is 11.8. The topological polar surface area (TPSA) is 75.3 Å². The van der Waals surface area contributed by atoms with Crippen molar-refractivity contribution in [1.82, 2.24) is 5.32 Å². The summed E-state index contributed by atoms with van der Waals surface area (Å²) in [4.78, 5) is 12.2. The highest BCUT2D eigenvalue weighted by Crippen LogP contribution is 2.26. The molecular weight excluding hydrogens is 408 g/mol. The largest absolute Gasteiger partial charge is 0.391 e. The first-order valence-electron chi connectivity index (χ1n) is 11.8. The molecule has 0 aromatic heterocycles. The van der Waals surface area contributed by atoms with Crippen LogP contribution in [0.1, 0.15) is 85.3 Å². The summed E-state index contributed by atoms with van der Waals surface area (Å²) in [6.07, 6.45) is 3.48. The maximum Gasteiger partial charge on any atom is 0.222 e. The van der Waals surface area contributed by atoms with Crippen LogP contribution in [0.25, 0.3) is 0 Å². The maximum atomic E-state index is 12.2. The van der Waals surface area contributed by atoms with Crippen LogP contribution < -0.4 is 11.1 Å². The molecule has 1 rings (SSSR count). The van der Waals surface area contributed by atoms with Crippen LogP contribution in [0.5, 0.6) is 0 Å². The zero-order chi connectivity index (χ0) is 22.9. The summed E-state index contributed by atoms with van der Waals surface area (Å²) < 4.78 is 0. The number of rotatable bonds is 12. The minimum absolute atomic E-state index is 0. The minimum atomic E-state index is -0.665. The number of aliphatic hydroxyl groups excluding tert-OH is 1. The molecule has 180 valence electrons. The van der Waals surface area contributed by atoms with Crippen molar-refractivity contribution in [3.8, 4) is 0 Å². The molecule has 0 saturated heterocycles. The molecule has 0 spiro atoms. The molecule has 5 heteroatoms. The van der Waals surface area contributed by atoms with Crippen LogP contribution in [-0.2, 0) is 16.6 Å². The Labute approximate surface area is 197 Å². The number of hydrogen-bond acceptors (Lipinski definition) is 3. The van der Waals surface area contributed by atoms with Gasteiger partial charge < -0.3 is 16.2 Å². The van der Waals surface area contributed by atoms with E-state index in [1.54, 1.807) is 0 Å². The number of halogens is 1. The maximum absolute atomic E-state index is 12.2. The van der Waals surface area contributed by atoms with Gasteiger partial charge in [-0.2, -0.15) is 0 Å². The van der Waals surface area contributed by atoms with E-state index in [-0.39, 0.29) is 35.7 Å². The normalized spacial score (nSPS) is 15.7. The van der Waals surface area contributed by atoms with Crippen LogP contribution in [0, 0.1) is 17.8 Å². The Bertz CT molecular complexity index is 625. The molecule has 1 aromatic carbocycles. The number of hydrogen-bond donors (Lipinski definition) is 3. The SMILES string of the molecule is CCCCNC(=O)[C@H](C)C[C@H](O)[C@@H](N)C[C@H](Cc1ccc(C(C)(C)C)cc1)C(C)C.Cl. The lowest BCUT2D eigenvalue weighted by Gasteiger charge is -2.28. The van der Waals surface area contributed by atoms with Crippen molar-refractivity contribution in [2.24, 2.45) is 23.5 Å². The average molecular weight is 455 g/mol. The minimum Gasteiger partial charge on any atom is -0.391 e. The zero-order valence-electron chi connectivity index (χ0n) is 20.8. The van der Waals surface area contributed by atoms with E-state index in [0.29, 0.717) is 24.8 Å². The summed E-state index contributed by atoms with van der Waals surface area (Å²) in [6.45, 7) is 15.8. The molecule has 0 bridgehead atoms. The average Bonchev–Trinajstić information content (AvgIpc) is 2.66. The third kappa shape index (κ3) is 10.9. The molecule has 1 aromatic rings. The fourth-order valence-electron chi connectivity index (χ4n) is 3.75. The Kier molecular flexibility index (Phi) is 13.6. The Morgan fingerprint density at radius 2 is 1.68 bits per heavy atom. The van der Waals surface area contributed by atoms with Gasteiger partial charge in [-0.15, -0.1) is 12.4 Å². The molecule has 0 saturated carbocycles. The van der Waals surface area contributed by atoms with Gasteiger partial charge in [0, 0.05) is 18.5 Å². The fourth-order valence-corrected chi connectivity index (χ4v) is 3.75. The van der Waals surface area contributed by atoms with Gasteiger partial charge in [0.25, 0.3) is 0 Å². The lowest BCUT2D eigenvalue weighted by atomic mass is 9.81. The molecule has 0 heterocycles. The van der Waals surface area contributed by atoms with Crippen molar-refractivity contribution in [2.75, 3.05) is 6.54 Å². The summed E-state index contributed by atoms with van der Waals surface area (Å²) in [5.74, 6) is 0.642. The van der Waals surface area contributed by atoms with Gasteiger partial charge in [-0.3, -0.25) is 4.79 Å². The van der Waals surface area contributed by atoms with Crippen LogP contribution in [-0.4, -0.2) is 29.7 Å². The van der Waals surface area contributed by atoms with Crippen LogP contribution in [0.2, 0.25) is 0 Å². The summed E-state index contributed by atoms with van der Waals surface area (Å²) in [7, 11) is 0. The van der Waals surface area contributed by atoms with E-state index in [2.05, 4.69) is 71.1 Å². The van der Waals surface area contributed by atoms with Gasteiger partial charge >= 0.3 is 0 Å². The second-order valence-electron chi connectivity index (χ2n) is 10.4. The number of aliphatic hydroxyl groups is 1. The molecule has 0 aliphatic rings. The molecule has 4 N–H and O–H groups in total. The van der Waals surface area contributed by atoms with E-state index in [9.17, 15) is 9.90 Å². The van der Waals surface area contributed by atoms with E-state index in [1.165, 1.54) is 11.1 Å².